The molecule has 0 bridgehead atoms. The highest BCUT2D eigenvalue weighted by molar-refractivity contribution is 5.82. The molecule has 0 radical (unpaired) electrons. The third-order valence-electron chi connectivity index (χ3n) is 7.31. The molecule has 6 nitrogen and oxygen atoms in total. The van der Waals surface area contributed by atoms with Gasteiger partial charge in [0.25, 0.3) is 0 Å². The van der Waals surface area contributed by atoms with Gasteiger partial charge in [0, 0.05) is 49.3 Å². The number of fused-ring (bicyclic) bond motifs is 1. The Bertz CT molecular complexity index is 1310. The molecular formula is C33H37N3O3. The molecule has 0 spiro atoms. The fourth-order valence-corrected chi connectivity index (χ4v) is 5.14. The van der Waals surface area contributed by atoms with E-state index in [1.807, 2.05) is 37.3 Å². The van der Waals surface area contributed by atoms with Crippen molar-refractivity contribution in [3.63, 3.8) is 0 Å². The lowest BCUT2D eigenvalue weighted by Crippen LogP contribution is -2.38. The van der Waals surface area contributed by atoms with Gasteiger partial charge in [-0.05, 0) is 36.6 Å². The number of hydrogen-bond donors (Lipinski definition) is 1. The van der Waals surface area contributed by atoms with E-state index in [0.717, 1.165) is 49.4 Å². The Morgan fingerprint density at radius 1 is 1.13 bits per heavy atom. The normalized spacial score (nSPS) is 21.4. The average molecular weight is 524 g/mol. The number of benzene rings is 2. The minimum Gasteiger partial charge on any atom is -0.394 e. The number of aliphatic hydroxyl groups excluding tert-OH is 1. The van der Waals surface area contributed by atoms with Crippen LogP contribution in [0.5, 0.6) is 0 Å². The molecule has 0 saturated heterocycles. The average Bonchev–Trinajstić information content (AvgIpc) is 2.99. The van der Waals surface area contributed by atoms with Crippen molar-refractivity contribution in [2.24, 2.45) is 5.16 Å². The SMILES string of the molecule is C=CC[C@@H]1C=C[C@H](ON=C(C)CCN2CCc3nc(-c4ccccc4)c(-c4ccccc4)cc3C2)[C@@H](CO)O1. The number of nitrogens with zero attached hydrogens (tertiary/aromatic N) is 3. The molecule has 6 heteroatoms. The van der Waals surface area contributed by atoms with E-state index in [1.165, 1.54) is 22.4 Å². The van der Waals surface area contributed by atoms with Gasteiger partial charge in [0.15, 0.2) is 6.10 Å². The van der Waals surface area contributed by atoms with Crippen LogP contribution in [-0.2, 0) is 22.5 Å². The van der Waals surface area contributed by atoms with Crippen molar-refractivity contribution in [1.82, 2.24) is 9.88 Å². The van der Waals surface area contributed by atoms with Crippen LogP contribution >= 0.6 is 0 Å². The van der Waals surface area contributed by atoms with Crippen molar-refractivity contribution in [2.45, 2.75) is 51.0 Å². The lowest BCUT2D eigenvalue weighted by Gasteiger charge is -2.30. The Labute approximate surface area is 231 Å². The number of oxime groups is 1. The van der Waals surface area contributed by atoms with Crippen molar-refractivity contribution in [3.05, 3.63) is 103 Å². The van der Waals surface area contributed by atoms with Crippen molar-refractivity contribution in [2.75, 3.05) is 19.7 Å². The second-order valence-corrected chi connectivity index (χ2v) is 10.2. The maximum atomic E-state index is 9.72. The molecule has 5 rings (SSSR count). The second kappa shape index (κ2) is 13.0. The summed E-state index contributed by atoms with van der Waals surface area (Å²) in [5, 5.41) is 14.1. The summed E-state index contributed by atoms with van der Waals surface area (Å²) in [7, 11) is 0. The van der Waals surface area contributed by atoms with Gasteiger partial charge in [-0.2, -0.15) is 0 Å². The molecule has 2 aliphatic heterocycles. The first-order chi connectivity index (χ1) is 19.1. The number of aromatic nitrogens is 1. The van der Waals surface area contributed by atoms with Crippen molar-refractivity contribution < 1.29 is 14.7 Å². The van der Waals surface area contributed by atoms with Gasteiger partial charge in [-0.15, -0.1) is 6.58 Å². The highest BCUT2D eigenvalue weighted by Gasteiger charge is 2.28. The van der Waals surface area contributed by atoms with Crippen molar-refractivity contribution >= 4 is 5.71 Å². The predicted octanol–water partition coefficient (Wildman–Crippen LogP) is 5.82. The first kappa shape index (κ1) is 27.0. The number of hydrogen-bond acceptors (Lipinski definition) is 6. The maximum Gasteiger partial charge on any atom is 0.174 e. The molecule has 0 amide bonds. The lowest BCUT2D eigenvalue weighted by atomic mass is 9.94. The minimum atomic E-state index is -0.429. The topological polar surface area (TPSA) is 67.2 Å². The van der Waals surface area contributed by atoms with Gasteiger partial charge in [-0.1, -0.05) is 78.0 Å². The number of ether oxygens (including phenoxy) is 1. The Morgan fingerprint density at radius 3 is 2.59 bits per heavy atom. The van der Waals surface area contributed by atoms with Crippen LogP contribution in [0.3, 0.4) is 0 Å². The highest BCUT2D eigenvalue weighted by atomic mass is 16.7. The molecule has 3 heterocycles. The Balaban J connectivity index is 1.25. The van der Waals surface area contributed by atoms with Crippen LogP contribution < -0.4 is 0 Å². The lowest BCUT2D eigenvalue weighted by molar-refractivity contribution is -0.100. The van der Waals surface area contributed by atoms with Crippen LogP contribution in [0.2, 0.25) is 0 Å². The summed E-state index contributed by atoms with van der Waals surface area (Å²) in [5.74, 6) is 0. The van der Waals surface area contributed by atoms with Crippen LogP contribution in [0.4, 0.5) is 0 Å². The molecule has 2 aromatic carbocycles. The van der Waals surface area contributed by atoms with Gasteiger partial charge in [0.2, 0.25) is 0 Å². The largest absolute Gasteiger partial charge is 0.394 e. The first-order valence-electron chi connectivity index (χ1n) is 13.8. The summed E-state index contributed by atoms with van der Waals surface area (Å²) in [6, 6.07) is 23.3. The van der Waals surface area contributed by atoms with Gasteiger partial charge in [0.1, 0.15) is 6.10 Å². The Hall–Kier alpha value is -3.58. The fourth-order valence-electron chi connectivity index (χ4n) is 5.14. The molecule has 202 valence electrons. The molecule has 3 aromatic rings. The molecule has 1 aromatic heterocycles. The van der Waals surface area contributed by atoms with Gasteiger partial charge in [-0.25, -0.2) is 0 Å². The minimum absolute atomic E-state index is 0.0766. The van der Waals surface area contributed by atoms with Crippen molar-refractivity contribution in [1.29, 1.82) is 0 Å². The standard InChI is InChI=1S/C33H37N3O3/c1-3-10-28-15-16-31(32(23-37)38-28)39-35-24(2)17-19-36-20-18-30-27(22-36)21-29(25-11-6-4-7-12-25)33(34-30)26-13-8-5-9-14-26/h3-9,11-16,21,28,31-32,37H,1,10,17-20,22-23H2,2H3/t28-,31+,32-/m1/s1. The monoisotopic (exact) mass is 523 g/mol. The Kier molecular flexibility index (Phi) is 8.99. The molecule has 0 aliphatic carbocycles. The van der Waals surface area contributed by atoms with Crippen LogP contribution in [0.1, 0.15) is 31.0 Å². The fraction of sp³-hybridized carbons (Fsp3) is 0.333. The first-order valence-corrected chi connectivity index (χ1v) is 13.8. The number of rotatable bonds is 10. The molecule has 0 saturated carbocycles. The van der Waals surface area contributed by atoms with E-state index in [9.17, 15) is 5.11 Å². The van der Waals surface area contributed by atoms with E-state index in [4.69, 9.17) is 14.6 Å². The zero-order valence-electron chi connectivity index (χ0n) is 22.6. The van der Waals surface area contributed by atoms with Gasteiger partial charge >= 0.3 is 0 Å². The van der Waals surface area contributed by atoms with Gasteiger partial charge < -0.3 is 14.7 Å². The third-order valence-corrected chi connectivity index (χ3v) is 7.31. The van der Waals surface area contributed by atoms with E-state index in [2.05, 4.69) is 71.2 Å². The number of aliphatic hydroxyl groups is 1. The molecule has 2 aliphatic rings. The summed E-state index contributed by atoms with van der Waals surface area (Å²) in [6.07, 6.45) is 7.22. The number of pyridine rings is 1. The summed E-state index contributed by atoms with van der Waals surface area (Å²) in [4.78, 5) is 13.4. The van der Waals surface area contributed by atoms with Gasteiger partial charge in [-0.3, -0.25) is 9.88 Å². The molecule has 1 N–H and O–H groups in total. The van der Waals surface area contributed by atoms with Crippen LogP contribution in [-0.4, -0.2) is 58.7 Å². The van der Waals surface area contributed by atoms with Crippen molar-refractivity contribution in [3.8, 4) is 22.4 Å². The van der Waals surface area contributed by atoms with Crippen LogP contribution in [0, 0.1) is 0 Å². The molecule has 0 fully saturated rings. The van der Waals surface area contributed by atoms with E-state index in [1.54, 1.807) is 0 Å². The smallest absolute Gasteiger partial charge is 0.174 e. The maximum absolute atomic E-state index is 9.72. The third kappa shape index (κ3) is 6.71. The predicted molar refractivity (Wildman–Crippen MR) is 156 cm³/mol. The van der Waals surface area contributed by atoms with E-state index in [-0.39, 0.29) is 12.7 Å². The zero-order chi connectivity index (χ0) is 27.0. The molecule has 0 unspecified atom stereocenters. The Morgan fingerprint density at radius 2 is 1.87 bits per heavy atom. The molecular weight excluding hydrogens is 486 g/mol. The summed E-state index contributed by atoms with van der Waals surface area (Å²) in [6.45, 7) is 8.34. The van der Waals surface area contributed by atoms with E-state index in [0.29, 0.717) is 6.42 Å². The van der Waals surface area contributed by atoms with E-state index >= 15 is 0 Å². The van der Waals surface area contributed by atoms with Crippen LogP contribution in [0.25, 0.3) is 22.4 Å². The highest BCUT2D eigenvalue weighted by Crippen LogP contribution is 2.34. The zero-order valence-corrected chi connectivity index (χ0v) is 22.6. The quantitative estimate of drug-likeness (QED) is 0.206. The van der Waals surface area contributed by atoms with Crippen LogP contribution in [0.15, 0.2) is 96.7 Å². The summed E-state index contributed by atoms with van der Waals surface area (Å²) >= 11 is 0. The van der Waals surface area contributed by atoms with E-state index < -0.39 is 12.2 Å². The molecule has 39 heavy (non-hydrogen) atoms. The second-order valence-electron chi connectivity index (χ2n) is 10.2. The van der Waals surface area contributed by atoms with Gasteiger partial charge in [0.05, 0.1) is 24.1 Å². The summed E-state index contributed by atoms with van der Waals surface area (Å²) < 4.78 is 5.87. The molecule has 3 atom stereocenters. The summed E-state index contributed by atoms with van der Waals surface area (Å²) in [5.41, 5.74) is 7.94.